The molecular weight excluding hydrogens is 480 g/mol. The van der Waals surface area contributed by atoms with E-state index in [-0.39, 0.29) is 43.0 Å². The molecule has 0 amide bonds. The van der Waals surface area contributed by atoms with E-state index in [4.69, 9.17) is 33.2 Å². The van der Waals surface area contributed by atoms with Crippen LogP contribution < -0.4 is 0 Å². The fourth-order valence-corrected chi connectivity index (χ4v) is 5.24. The average Bonchev–Trinajstić information content (AvgIpc) is 3.62. The molecule has 9 heteroatoms. The summed E-state index contributed by atoms with van der Waals surface area (Å²) in [5.74, 6) is -1.13. The first-order chi connectivity index (χ1) is 18.0. The standard InChI is InChI=1S/C28H30O9/c1-15-16(2)21(36-26(30)18-11-7-4-8-12-18)28(37-22-20-14-32-27(34-20)24-23(22)35-24)33-19(15)13-31-25(29)17-9-5-3-6-10-17/h3-12,15-16,19-24,27-28H,13-14H2,1-2H3/t15-,16-,19?,20?,21?,22+,23+,24?,27+,28-/m0/s1. The number of hydrogen-bond donors (Lipinski definition) is 0. The minimum Gasteiger partial charge on any atom is -0.459 e. The van der Waals surface area contributed by atoms with Gasteiger partial charge >= 0.3 is 11.9 Å². The quantitative estimate of drug-likeness (QED) is 0.411. The summed E-state index contributed by atoms with van der Waals surface area (Å²) in [6, 6.07) is 17.6. The molecule has 6 rings (SSSR count). The van der Waals surface area contributed by atoms with Gasteiger partial charge in [-0.1, -0.05) is 50.2 Å². The Morgan fingerprint density at radius 3 is 2.19 bits per heavy atom. The van der Waals surface area contributed by atoms with Gasteiger partial charge in [-0.3, -0.25) is 0 Å². The molecular formula is C28H30O9. The van der Waals surface area contributed by atoms with Gasteiger partial charge in [-0.15, -0.1) is 0 Å². The Kier molecular flexibility index (Phi) is 6.73. The van der Waals surface area contributed by atoms with Gasteiger partial charge in [-0.2, -0.15) is 0 Å². The highest BCUT2D eigenvalue weighted by atomic mass is 16.8. The molecule has 37 heavy (non-hydrogen) atoms. The van der Waals surface area contributed by atoms with Crippen LogP contribution in [0.1, 0.15) is 34.6 Å². The summed E-state index contributed by atoms with van der Waals surface area (Å²) < 4.78 is 41.6. The molecule has 2 bridgehead atoms. The second-order valence-electron chi connectivity index (χ2n) is 10.0. The maximum Gasteiger partial charge on any atom is 0.338 e. The number of rotatable bonds is 7. The van der Waals surface area contributed by atoms with Crippen LogP contribution in [0.3, 0.4) is 0 Å². The first kappa shape index (κ1) is 24.5. The summed E-state index contributed by atoms with van der Waals surface area (Å²) in [4.78, 5) is 25.5. The minimum absolute atomic E-state index is 0.0385. The Morgan fingerprint density at radius 1 is 0.811 bits per heavy atom. The molecule has 0 radical (unpaired) electrons. The molecule has 4 heterocycles. The average molecular weight is 511 g/mol. The normalized spacial score (nSPS) is 37.9. The van der Waals surface area contributed by atoms with Crippen molar-refractivity contribution in [2.45, 2.75) is 63.1 Å². The van der Waals surface area contributed by atoms with Crippen LogP contribution >= 0.6 is 0 Å². The lowest BCUT2D eigenvalue weighted by Crippen LogP contribution is -2.56. The Labute approximate surface area is 214 Å². The van der Waals surface area contributed by atoms with Gasteiger partial charge in [0.1, 0.15) is 31.0 Å². The van der Waals surface area contributed by atoms with E-state index in [0.29, 0.717) is 17.7 Å². The zero-order valence-corrected chi connectivity index (χ0v) is 20.6. The highest BCUT2D eigenvalue weighted by Gasteiger charge is 2.63. The second kappa shape index (κ2) is 10.2. The molecule has 196 valence electrons. The summed E-state index contributed by atoms with van der Waals surface area (Å²) in [6.45, 7) is 4.42. The van der Waals surface area contributed by atoms with Crippen LogP contribution in [0.4, 0.5) is 0 Å². The van der Waals surface area contributed by atoms with E-state index in [9.17, 15) is 9.59 Å². The summed E-state index contributed by atoms with van der Waals surface area (Å²) in [5, 5.41) is 0. The fourth-order valence-electron chi connectivity index (χ4n) is 5.24. The monoisotopic (exact) mass is 510 g/mol. The van der Waals surface area contributed by atoms with Crippen LogP contribution in [0.15, 0.2) is 60.7 Å². The summed E-state index contributed by atoms with van der Waals surface area (Å²) in [7, 11) is 0. The third kappa shape index (κ3) is 4.89. The van der Waals surface area contributed by atoms with Gasteiger partial charge in [0.25, 0.3) is 0 Å². The van der Waals surface area contributed by atoms with Gasteiger partial charge < -0.3 is 33.2 Å². The van der Waals surface area contributed by atoms with Crippen molar-refractivity contribution >= 4 is 11.9 Å². The van der Waals surface area contributed by atoms with Crippen LogP contribution in [0, 0.1) is 11.8 Å². The maximum atomic E-state index is 13.0. The van der Waals surface area contributed by atoms with Gasteiger partial charge in [0.05, 0.1) is 23.8 Å². The number of hydrogen-bond acceptors (Lipinski definition) is 9. The number of ether oxygens (including phenoxy) is 7. The van der Waals surface area contributed by atoms with Crippen molar-refractivity contribution < 1.29 is 42.7 Å². The lowest BCUT2D eigenvalue weighted by Gasteiger charge is -2.44. The summed E-state index contributed by atoms with van der Waals surface area (Å²) in [6.07, 6.45) is -3.49. The largest absolute Gasteiger partial charge is 0.459 e. The molecule has 2 aromatic rings. The van der Waals surface area contributed by atoms with Crippen LogP contribution in [0.5, 0.6) is 0 Å². The predicted molar refractivity (Wildman–Crippen MR) is 128 cm³/mol. The van der Waals surface area contributed by atoms with E-state index in [2.05, 4.69) is 0 Å². The van der Waals surface area contributed by atoms with Gasteiger partial charge in [-0.25, -0.2) is 9.59 Å². The molecule has 10 atom stereocenters. The molecule has 4 saturated heterocycles. The van der Waals surface area contributed by atoms with Crippen molar-refractivity contribution in [1.29, 1.82) is 0 Å². The molecule has 0 aromatic heterocycles. The second-order valence-corrected chi connectivity index (χ2v) is 10.0. The van der Waals surface area contributed by atoms with Gasteiger partial charge in [0.15, 0.2) is 18.7 Å². The topological polar surface area (TPSA) is 102 Å². The number of carbonyl (C=O) groups excluding carboxylic acids is 2. The number of epoxide rings is 1. The van der Waals surface area contributed by atoms with E-state index in [1.807, 2.05) is 26.0 Å². The number of benzene rings is 2. The zero-order chi connectivity index (χ0) is 25.5. The van der Waals surface area contributed by atoms with Crippen molar-refractivity contribution in [2.24, 2.45) is 11.8 Å². The molecule has 2 aromatic carbocycles. The predicted octanol–water partition coefficient (Wildman–Crippen LogP) is 2.97. The number of fused-ring (bicyclic) bond motifs is 4. The van der Waals surface area contributed by atoms with Crippen molar-refractivity contribution in [3.8, 4) is 0 Å². The van der Waals surface area contributed by atoms with E-state index >= 15 is 0 Å². The van der Waals surface area contributed by atoms with Crippen LogP contribution in [0.25, 0.3) is 0 Å². The van der Waals surface area contributed by atoms with E-state index < -0.39 is 36.5 Å². The SMILES string of the molecule is C[C@@H]1C(COC(=O)c2ccccc2)O[C@@H](O[C@@H]2C3CO[C@H](O3)C3O[C@@H]32)C(OC(=O)c2ccccc2)[C@H]1C. The molecule has 4 aliphatic heterocycles. The molecule has 9 nitrogen and oxygen atoms in total. The molecule has 4 unspecified atom stereocenters. The lowest BCUT2D eigenvalue weighted by atomic mass is 9.83. The van der Waals surface area contributed by atoms with Crippen LogP contribution in [-0.4, -0.2) is 74.4 Å². The smallest absolute Gasteiger partial charge is 0.338 e. The highest BCUT2D eigenvalue weighted by Crippen LogP contribution is 2.45. The van der Waals surface area contributed by atoms with E-state index in [1.165, 1.54) is 0 Å². The highest BCUT2D eigenvalue weighted by molar-refractivity contribution is 5.89. The van der Waals surface area contributed by atoms with E-state index in [0.717, 1.165) is 0 Å². The minimum atomic E-state index is -0.908. The fraction of sp³-hybridized carbons (Fsp3) is 0.500. The number of esters is 2. The molecule has 0 aliphatic carbocycles. The Morgan fingerprint density at radius 2 is 1.49 bits per heavy atom. The Balaban J connectivity index is 1.19. The molecule has 0 N–H and O–H groups in total. The Hall–Kier alpha value is -2.82. The number of carbonyl (C=O) groups is 2. The van der Waals surface area contributed by atoms with Crippen molar-refractivity contribution in [1.82, 2.24) is 0 Å². The van der Waals surface area contributed by atoms with Crippen LogP contribution in [0.2, 0.25) is 0 Å². The summed E-state index contributed by atoms with van der Waals surface area (Å²) >= 11 is 0. The van der Waals surface area contributed by atoms with E-state index in [1.54, 1.807) is 48.5 Å². The van der Waals surface area contributed by atoms with Crippen molar-refractivity contribution in [2.75, 3.05) is 13.2 Å². The van der Waals surface area contributed by atoms with Crippen molar-refractivity contribution in [3.63, 3.8) is 0 Å². The molecule has 0 spiro atoms. The molecule has 0 saturated carbocycles. The van der Waals surface area contributed by atoms with Gasteiger partial charge in [-0.05, 0) is 30.2 Å². The van der Waals surface area contributed by atoms with Crippen molar-refractivity contribution in [3.05, 3.63) is 71.8 Å². The first-order valence-corrected chi connectivity index (χ1v) is 12.7. The third-order valence-electron chi connectivity index (χ3n) is 7.70. The van der Waals surface area contributed by atoms with Crippen LogP contribution in [-0.2, 0) is 33.2 Å². The third-order valence-corrected chi connectivity index (χ3v) is 7.70. The van der Waals surface area contributed by atoms with Gasteiger partial charge in [0.2, 0.25) is 0 Å². The summed E-state index contributed by atoms with van der Waals surface area (Å²) in [5.41, 5.74) is 0.909. The molecule has 4 aliphatic rings. The lowest BCUT2D eigenvalue weighted by molar-refractivity contribution is -0.298. The maximum absolute atomic E-state index is 13.0. The zero-order valence-electron chi connectivity index (χ0n) is 20.6. The molecule has 4 fully saturated rings. The Bertz CT molecular complexity index is 1110. The first-order valence-electron chi connectivity index (χ1n) is 12.7. The van der Waals surface area contributed by atoms with Gasteiger partial charge in [0, 0.05) is 5.92 Å².